The van der Waals surface area contributed by atoms with E-state index < -0.39 is 5.60 Å². The summed E-state index contributed by atoms with van der Waals surface area (Å²) in [5.74, 6) is 1.20. The van der Waals surface area contributed by atoms with Crippen molar-refractivity contribution >= 4 is 5.91 Å². The molecule has 0 fully saturated rings. The van der Waals surface area contributed by atoms with Crippen LogP contribution >= 0.6 is 0 Å². The van der Waals surface area contributed by atoms with Crippen molar-refractivity contribution in [2.75, 3.05) is 13.1 Å². The zero-order chi connectivity index (χ0) is 13.6. The lowest BCUT2D eigenvalue weighted by Crippen LogP contribution is -2.42. The summed E-state index contributed by atoms with van der Waals surface area (Å²) in [4.78, 5) is 13.8. The second-order valence-electron chi connectivity index (χ2n) is 6.16. The molecule has 0 rings (SSSR count). The van der Waals surface area contributed by atoms with Gasteiger partial charge in [-0.25, -0.2) is 0 Å². The summed E-state index contributed by atoms with van der Waals surface area (Å²) in [6.07, 6.45) is 1.66. The second-order valence-corrected chi connectivity index (χ2v) is 6.16. The average Bonchev–Trinajstić information content (AvgIpc) is 2.10. The summed E-state index contributed by atoms with van der Waals surface area (Å²) in [5, 5.41) is 9.75. The van der Waals surface area contributed by atoms with Crippen LogP contribution in [-0.2, 0) is 4.79 Å². The van der Waals surface area contributed by atoms with Gasteiger partial charge < -0.3 is 10.0 Å². The molecular weight excluding hydrogens is 214 g/mol. The van der Waals surface area contributed by atoms with Crippen LogP contribution in [0.3, 0.4) is 0 Å². The Morgan fingerprint density at radius 3 is 2.18 bits per heavy atom. The monoisotopic (exact) mass is 243 g/mol. The highest BCUT2D eigenvalue weighted by Gasteiger charge is 2.22. The van der Waals surface area contributed by atoms with Gasteiger partial charge in [0.15, 0.2) is 0 Å². The number of amides is 1. The average molecular weight is 243 g/mol. The SMILES string of the molecule is CCN(CC(C)(C)O)C(=O)CC(C)CC(C)C. The number of aliphatic hydroxyl groups is 1. The largest absolute Gasteiger partial charge is 0.389 e. The zero-order valence-corrected chi connectivity index (χ0v) is 12.3. The van der Waals surface area contributed by atoms with Gasteiger partial charge in [-0.1, -0.05) is 20.8 Å². The lowest BCUT2D eigenvalue weighted by molar-refractivity contribution is -0.134. The molecule has 0 saturated carbocycles. The standard InChI is InChI=1S/C14H29NO2/c1-7-15(10-14(5,6)17)13(16)9-12(4)8-11(2)3/h11-12,17H,7-10H2,1-6H3. The number of likely N-dealkylation sites (N-methyl/N-ethyl adjacent to an activating group) is 1. The smallest absolute Gasteiger partial charge is 0.222 e. The van der Waals surface area contributed by atoms with Crippen LogP contribution < -0.4 is 0 Å². The Hall–Kier alpha value is -0.570. The third kappa shape index (κ3) is 8.19. The number of hydrogen-bond donors (Lipinski definition) is 1. The number of nitrogens with zero attached hydrogens (tertiary/aromatic N) is 1. The topological polar surface area (TPSA) is 40.5 Å². The molecule has 0 aliphatic carbocycles. The molecule has 0 aromatic carbocycles. The molecule has 1 N–H and O–H groups in total. The number of rotatable bonds is 7. The van der Waals surface area contributed by atoms with Gasteiger partial charge >= 0.3 is 0 Å². The van der Waals surface area contributed by atoms with Crippen LogP contribution in [0.5, 0.6) is 0 Å². The molecule has 1 amide bonds. The van der Waals surface area contributed by atoms with Crippen LogP contribution in [0.2, 0.25) is 0 Å². The molecule has 1 atom stereocenters. The van der Waals surface area contributed by atoms with Gasteiger partial charge in [0.05, 0.1) is 5.60 Å². The highest BCUT2D eigenvalue weighted by molar-refractivity contribution is 5.76. The molecule has 0 radical (unpaired) electrons. The van der Waals surface area contributed by atoms with E-state index in [4.69, 9.17) is 0 Å². The molecule has 0 saturated heterocycles. The second kappa shape index (κ2) is 7.00. The Morgan fingerprint density at radius 1 is 1.29 bits per heavy atom. The Bertz CT molecular complexity index is 231. The maximum Gasteiger partial charge on any atom is 0.222 e. The first kappa shape index (κ1) is 16.4. The van der Waals surface area contributed by atoms with Crippen LogP contribution in [0, 0.1) is 11.8 Å². The summed E-state index contributed by atoms with van der Waals surface area (Å²) in [7, 11) is 0. The van der Waals surface area contributed by atoms with Crippen LogP contribution in [-0.4, -0.2) is 34.6 Å². The third-order valence-electron chi connectivity index (χ3n) is 2.71. The van der Waals surface area contributed by atoms with Crippen molar-refractivity contribution in [2.45, 2.75) is 60.0 Å². The Labute approximate surface area is 106 Å². The normalized spacial score (nSPS) is 13.9. The number of carbonyl (C=O) groups excluding carboxylic acids is 1. The van der Waals surface area contributed by atoms with Gasteiger partial charge in [0.25, 0.3) is 0 Å². The molecular formula is C14H29NO2. The van der Waals surface area contributed by atoms with E-state index in [0.29, 0.717) is 31.3 Å². The highest BCUT2D eigenvalue weighted by Crippen LogP contribution is 2.16. The fourth-order valence-electron chi connectivity index (χ4n) is 2.16. The minimum absolute atomic E-state index is 0.155. The van der Waals surface area contributed by atoms with Crippen molar-refractivity contribution < 1.29 is 9.90 Å². The first-order chi connectivity index (χ1) is 7.65. The predicted octanol–water partition coefficient (Wildman–Crippen LogP) is 2.68. The van der Waals surface area contributed by atoms with Crippen molar-refractivity contribution in [1.82, 2.24) is 4.90 Å². The molecule has 102 valence electrons. The van der Waals surface area contributed by atoms with E-state index in [1.807, 2.05) is 6.92 Å². The Morgan fingerprint density at radius 2 is 1.82 bits per heavy atom. The zero-order valence-electron chi connectivity index (χ0n) is 12.3. The van der Waals surface area contributed by atoms with Gasteiger partial charge in [-0.05, 0) is 39.0 Å². The maximum absolute atomic E-state index is 12.1. The van der Waals surface area contributed by atoms with E-state index in [9.17, 15) is 9.90 Å². The maximum atomic E-state index is 12.1. The van der Waals surface area contributed by atoms with Gasteiger partial charge in [-0.3, -0.25) is 4.79 Å². The minimum Gasteiger partial charge on any atom is -0.389 e. The molecule has 0 aromatic rings. The molecule has 0 aliphatic rings. The fraction of sp³-hybridized carbons (Fsp3) is 0.929. The van der Waals surface area contributed by atoms with E-state index in [2.05, 4.69) is 20.8 Å². The summed E-state index contributed by atoms with van der Waals surface area (Å²) < 4.78 is 0. The van der Waals surface area contributed by atoms with E-state index >= 15 is 0 Å². The van der Waals surface area contributed by atoms with Crippen molar-refractivity contribution in [3.05, 3.63) is 0 Å². The third-order valence-corrected chi connectivity index (χ3v) is 2.71. The summed E-state index contributed by atoms with van der Waals surface area (Å²) in [6.45, 7) is 13.0. The molecule has 0 heterocycles. The van der Waals surface area contributed by atoms with Gasteiger partial charge in [0.1, 0.15) is 0 Å². The summed E-state index contributed by atoms with van der Waals surface area (Å²) in [6, 6.07) is 0. The molecule has 0 aromatic heterocycles. The summed E-state index contributed by atoms with van der Waals surface area (Å²) in [5.41, 5.74) is -0.813. The van der Waals surface area contributed by atoms with Gasteiger partial charge in [-0.2, -0.15) is 0 Å². The van der Waals surface area contributed by atoms with Crippen molar-refractivity contribution in [3.63, 3.8) is 0 Å². The van der Waals surface area contributed by atoms with E-state index in [1.165, 1.54) is 0 Å². The predicted molar refractivity (Wildman–Crippen MR) is 71.8 cm³/mol. The number of hydrogen-bond acceptors (Lipinski definition) is 2. The van der Waals surface area contributed by atoms with E-state index in [-0.39, 0.29) is 5.91 Å². The van der Waals surface area contributed by atoms with Gasteiger partial charge in [0.2, 0.25) is 5.91 Å². The first-order valence-electron chi connectivity index (χ1n) is 6.65. The molecule has 0 aliphatic heterocycles. The van der Waals surface area contributed by atoms with Crippen LogP contribution in [0.1, 0.15) is 54.4 Å². The molecule has 3 heteroatoms. The lowest BCUT2D eigenvalue weighted by Gasteiger charge is -2.29. The first-order valence-corrected chi connectivity index (χ1v) is 6.65. The van der Waals surface area contributed by atoms with E-state index in [1.54, 1.807) is 18.7 Å². The van der Waals surface area contributed by atoms with Crippen LogP contribution in [0.15, 0.2) is 0 Å². The quantitative estimate of drug-likeness (QED) is 0.747. The van der Waals surface area contributed by atoms with Crippen LogP contribution in [0.25, 0.3) is 0 Å². The summed E-state index contributed by atoms with van der Waals surface area (Å²) >= 11 is 0. The van der Waals surface area contributed by atoms with E-state index in [0.717, 1.165) is 6.42 Å². The highest BCUT2D eigenvalue weighted by atomic mass is 16.3. The lowest BCUT2D eigenvalue weighted by atomic mass is 9.95. The van der Waals surface area contributed by atoms with Crippen molar-refractivity contribution in [1.29, 1.82) is 0 Å². The fourth-order valence-corrected chi connectivity index (χ4v) is 2.16. The number of carbonyl (C=O) groups is 1. The minimum atomic E-state index is -0.813. The van der Waals surface area contributed by atoms with Gasteiger partial charge in [-0.15, -0.1) is 0 Å². The van der Waals surface area contributed by atoms with Crippen molar-refractivity contribution in [2.24, 2.45) is 11.8 Å². The molecule has 1 unspecified atom stereocenters. The molecule has 3 nitrogen and oxygen atoms in total. The Kier molecular flexibility index (Phi) is 6.76. The molecule has 17 heavy (non-hydrogen) atoms. The van der Waals surface area contributed by atoms with Crippen LogP contribution in [0.4, 0.5) is 0 Å². The molecule has 0 spiro atoms. The van der Waals surface area contributed by atoms with Crippen molar-refractivity contribution in [3.8, 4) is 0 Å². The Balaban J connectivity index is 4.26. The van der Waals surface area contributed by atoms with Gasteiger partial charge in [0, 0.05) is 19.5 Å². The molecule has 0 bridgehead atoms.